The molecule has 4 heterocycles. The Morgan fingerprint density at radius 2 is 1.80 bits per heavy atom. The minimum Gasteiger partial charge on any atom is -0.474 e. The first kappa shape index (κ1) is 42.6. The van der Waals surface area contributed by atoms with Crippen LogP contribution in [0.4, 0.5) is 23.8 Å². The van der Waals surface area contributed by atoms with E-state index in [-0.39, 0.29) is 46.9 Å². The summed E-state index contributed by atoms with van der Waals surface area (Å²) in [7, 11) is 4.16. The first-order chi connectivity index (χ1) is 25.4. The fourth-order valence-electron chi connectivity index (χ4n) is 7.08. The lowest BCUT2D eigenvalue weighted by Gasteiger charge is -2.47. The number of carbonyl (C=O) groups is 2. The van der Waals surface area contributed by atoms with E-state index < -0.39 is 40.4 Å². The molecule has 2 unspecified atom stereocenters. The van der Waals surface area contributed by atoms with E-state index in [9.17, 15) is 27.9 Å². The first-order valence-corrected chi connectivity index (χ1v) is 19.5. The molecule has 55 heavy (non-hydrogen) atoms. The molecule has 2 fully saturated rings. The Morgan fingerprint density at radius 1 is 1.09 bits per heavy atom. The van der Waals surface area contributed by atoms with E-state index in [2.05, 4.69) is 39.0 Å². The van der Waals surface area contributed by atoms with E-state index in [1.54, 1.807) is 6.07 Å². The number of aliphatic hydroxyl groups is 1. The minimum atomic E-state index is -4.44. The molecule has 0 radical (unpaired) electrons. The lowest BCUT2D eigenvalue weighted by atomic mass is 9.35. The van der Waals surface area contributed by atoms with Crippen LogP contribution >= 0.6 is 23.5 Å². The van der Waals surface area contributed by atoms with E-state index in [4.69, 9.17) is 21.1 Å². The molecular formula is C35H48B3ClF3N7O5S. The summed E-state index contributed by atoms with van der Waals surface area (Å²) in [6, 6.07) is 9.96. The van der Waals surface area contributed by atoms with Gasteiger partial charge in [-0.3, -0.25) is 9.52 Å². The standard InChI is InChI=1S/C35H48B3ClF3N7O5S/c1-30(2,3)54-29(51)48-19-21(18-31(48,4)5)8-7-16-43-23-9-6-10-26(44-23)55-47-28(50)22-11-12-24(45-27(22)39)49-17-13-25(46-49)53-20-33(36,52)34(37,38)32(14-15-32)35(40,41)42/h6,9-13,17,21,52H,7-8,14-16,18-20,36-38H2,1-5H3,(H,43,44)(H,47,50). The molecule has 1 aliphatic heterocycles. The molecule has 1 saturated heterocycles. The highest BCUT2D eigenvalue weighted by Gasteiger charge is 2.73. The summed E-state index contributed by atoms with van der Waals surface area (Å²) >= 11 is 7.43. The number of nitrogens with zero attached hydrogens (tertiary/aromatic N) is 5. The van der Waals surface area contributed by atoms with E-state index in [1.807, 2.05) is 37.8 Å². The number of nitrogens with one attached hydrogen (secondary N) is 2. The monoisotopic (exact) mass is 803 g/mol. The second-order valence-corrected chi connectivity index (χ2v) is 18.0. The molecule has 3 aromatic rings. The van der Waals surface area contributed by atoms with Crippen molar-refractivity contribution in [3.05, 3.63) is 53.3 Å². The van der Waals surface area contributed by atoms with Gasteiger partial charge in [0.05, 0.1) is 16.5 Å². The van der Waals surface area contributed by atoms with Gasteiger partial charge in [0.25, 0.3) is 5.91 Å². The van der Waals surface area contributed by atoms with Crippen molar-refractivity contribution in [1.82, 2.24) is 29.4 Å². The van der Waals surface area contributed by atoms with Crippen molar-refractivity contribution < 1.29 is 37.3 Å². The molecule has 0 bridgehead atoms. The number of hydrogen-bond acceptors (Lipinski definition) is 10. The number of hydrogen-bond donors (Lipinski definition) is 3. The number of halogens is 4. The summed E-state index contributed by atoms with van der Waals surface area (Å²) in [6.45, 7) is 10.7. The number of alkyl halides is 3. The Morgan fingerprint density at radius 3 is 2.44 bits per heavy atom. The van der Waals surface area contributed by atoms with Crippen molar-refractivity contribution >= 4 is 64.9 Å². The van der Waals surface area contributed by atoms with Crippen LogP contribution in [0.5, 0.6) is 5.88 Å². The molecule has 2 amide bonds. The average molecular weight is 804 g/mol. The van der Waals surface area contributed by atoms with Crippen LogP contribution < -0.4 is 14.8 Å². The SMILES string of the molecule is BC(O)(COc1ccn(-c2ccc(C(=O)NSc3cccc(NCCCC4CN(C(=O)OC(C)(C)C)C(C)(C)C4)n3)c(Cl)n2)n1)C(B)(B)C1(C(F)(F)F)CC1. The molecule has 0 spiro atoms. The molecule has 3 aromatic heterocycles. The van der Waals surface area contributed by atoms with E-state index in [0.29, 0.717) is 29.9 Å². The zero-order valence-corrected chi connectivity index (χ0v) is 34.1. The van der Waals surface area contributed by atoms with Gasteiger partial charge < -0.3 is 24.8 Å². The summed E-state index contributed by atoms with van der Waals surface area (Å²) in [5, 5.41) is 17.7. The van der Waals surface area contributed by atoms with Crippen LogP contribution in [0.1, 0.15) is 77.1 Å². The maximum absolute atomic E-state index is 13.8. The summed E-state index contributed by atoms with van der Waals surface area (Å²) < 4.78 is 56.9. The molecule has 1 saturated carbocycles. The van der Waals surface area contributed by atoms with Gasteiger partial charge in [-0.25, -0.2) is 19.4 Å². The molecule has 20 heteroatoms. The van der Waals surface area contributed by atoms with Crippen LogP contribution in [0.15, 0.2) is 47.6 Å². The van der Waals surface area contributed by atoms with Gasteiger partial charge in [0.2, 0.25) is 5.88 Å². The largest absolute Gasteiger partial charge is 0.474 e. The van der Waals surface area contributed by atoms with Crippen LogP contribution in [-0.4, -0.2) is 108 Å². The van der Waals surface area contributed by atoms with Gasteiger partial charge in [-0.2, -0.15) is 13.2 Å². The fourth-order valence-corrected chi connectivity index (χ4v) is 7.91. The number of amides is 2. The van der Waals surface area contributed by atoms with Crippen molar-refractivity contribution in [3.63, 3.8) is 0 Å². The van der Waals surface area contributed by atoms with E-state index in [1.165, 1.54) is 52.6 Å². The van der Waals surface area contributed by atoms with Crippen molar-refractivity contribution in [2.24, 2.45) is 11.3 Å². The van der Waals surface area contributed by atoms with E-state index >= 15 is 0 Å². The fraction of sp³-hybridized carbons (Fsp3) is 0.571. The first-order valence-electron chi connectivity index (χ1n) is 18.3. The van der Waals surface area contributed by atoms with Crippen molar-refractivity contribution in [2.45, 2.75) is 99.8 Å². The highest BCUT2D eigenvalue weighted by molar-refractivity contribution is 7.97. The van der Waals surface area contributed by atoms with Crippen LogP contribution in [0.25, 0.3) is 5.82 Å². The average Bonchev–Trinajstić information content (AvgIpc) is 3.70. The van der Waals surface area contributed by atoms with Crippen molar-refractivity contribution in [3.8, 4) is 11.7 Å². The molecule has 296 valence electrons. The number of pyridine rings is 2. The molecule has 2 atom stereocenters. The minimum absolute atomic E-state index is 0.0454. The third-order valence-electron chi connectivity index (χ3n) is 10.9. The van der Waals surface area contributed by atoms with Crippen LogP contribution in [-0.2, 0) is 4.74 Å². The van der Waals surface area contributed by atoms with Gasteiger partial charge in [-0.05, 0) is 102 Å². The second kappa shape index (κ2) is 15.8. The van der Waals surface area contributed by atoms with Crippen molar-refractivity contribution in [2.75, 3.05) is 25.0 Å². The Kier molecular flexibility index (Phi) is 12.2. The normalized spacial score (nSPS) is 19.0. The highest BCUT2D eigenvalue weighted by Crippen LogP contribution is 2.70. The van der Waals surface area contributed by atoms with Gasteiger partial charge >= 0.3 is 12.3 Å². The number of aromatic nitrogens is 4. The Labute approximate surface area is 331 Å². The quantitative estimate of drug-likeness (QED) is 0.0929. The molecule has 5 rings (SSSR count). The van der Waals surface area contributed by atoms with Gasteiger partial charge in [0.15, 0.2) is 5.82 Å². The molecule has 2 aliphatic rings. The number of ether oxygens (including phenoxy) is 2. The number of anilines is 1. The lowest BCUT2D eigenvalue weighted by Crippen LogP contribution is -2.57. The Balaban J connectivity index is 1.08. The maximum atomic E-state index is 13.8. The summed E-state index contributed by atoms with van der Waals surface area (Å²) in [4.78, 5) is 36.5. The van der Waals surface area contributed by atoms with Gasteiger partial charge in [-0.1, -0.05) is 17.7 Å². The van der Waals surface area contributed by atoms with Gasteiger partial charge in [0.1, 0.15) is 51.7 Å². The Bertz CT molecular complexity index is 1870. The zero-order chi connectivity index (χ0) is 40.6. The predicted octanol–water partition coefficient (Wildman–Crippen LogP) is 4.41. The topological polar surface area (TPSA) is 144 Å². The second-order valence-electron chi connectivity index (χ2n) is 16.8. The molecule has 0 aromatic carbocycles. The number of likely N-dealkylation sites (tertiary alicyclic amines) is 1. The smallest absolute Gasteiger partial charge is 0.410 e. The highest BCUT2D eigenvalue weighted by atomic mass is 35.5. The van der Waals surface area contributed by atoms with E-state index in [0.717, 1.165) is 31.2 Å². The summed E-state index contributed by atoms with van der Waals surface area (Å²) in [5.41, 5.74) is -4.47. The van der Waals surface area contributed by atoms with Crippen molar-refractivity contribution in [1.29, 1.82) is 0 Å². The van der Waals surface area contributed by atoms with Gasteiger partial charge in [-0.15, -0.1) is 5.10 Å². The number of carbonyl (C=O) groups excluding carboxylic acids is 2. The van der Waals surface area contributed by atoms with Gasteiger partial charge in [0, 0.05) is 42.8 Å². The molecule has 12 nitrogen and oxygen atoms in total. The van der Waals surface area contributed by atoms with Crippen LogP contribution in [0.2, 0.25) is 10.4 Å². The predicted molar refractivity (Wildman–Crippen MR) is 213 cm³/mol. The molecule has 1 aliphatic carbocycles. The summed E-state index contributed by atoms with van der Waals surface area (Å²) in [5.74, 6) is 0.874. The summed E-state index contributed by atoms with van der Waals surface area (Å²) in [6.07, 6.45) is -0.556. The maximum Gasteiger partial charge on any atom is 0.410 e. The molecule has 3 N–H and O–H groups in total. The van der Waals surface area contributed by atoms with Crippen LogP contribution in [0.3, 0.4) is 0 Å². The third kappa shape index (κ3) is 9.70. The third-order valence-corrected chi connectivity index (χ3v) is 11.9. The molecular weight excluding hydrogens is 755 g/mol. The Hall–Kier alpha value is -3.57. The zero-order valence-electron chi connectivity index (χ0n) is 32.5. The van der Waals surface area contributed by atoms with Crippen LogP contribution in [0, 0.1) is 11.3 Å². The number of rotatable bonds is 14. The lowest BCUT2D eigenvalue weighted by molar-refractivity contribution is -0.203.